The maximum Gasteiger partial charge on any atom is 0.269 e. The number of hydrogen-bond acceptors (Lipinski definition) is 5. The number of aryl methyl sites for hydroxylation is 4. The molecule has 0 saturated heterocycles. The first-order valence-electron chi connectivity index (χ1n) is 8.22. The Morgan fingerprint density at radius 2 is 2.12 bits per heavy atom. The second kappa shape index (κ2) is 6.79. The van der Waals surface area contributed by atoms with Crippen LogP contribution in [0.3, 0.4) is 0 Å². The highest BCUT2D eigenvalue weighted by Crippen LogP contribution is 2.25. The zero-order chi connectivity index (χ0) is 18.1. The van der Waals surface area contributed by atoms with Gasteiger partial charge in [-0.3, -0.25) is 14.3 Å². The number of rotatable bonds is 5. The van der Waals surface area contributed by atoms with E-state index in [9.17, 15) is 9.59 Å². The number of carbonyl (C=O) groups excluding carboxylic acids is 1. The Morgan fingerprint density at radius 3 is 2.84 bits per heavy atom. The first kappa shape index (κ1) is 17.3. The van der Waals surface area contributed by atoms with Crippen LogP contribution in [0.5, 0.6) is 0 Å². The van der Waals surface area contributed by atoms with Crippen LogP contribution in [0.1, 0.15) is 39.4 Å². The molecule has 0 saturated carbocycles. The Labute approximate surface area is 149 Å². The molecule has 132 valence electrons. The zero-order valence-corrected chi connectivity index (χ0v) is 15.6. The number of amides is 1. The highest BCUT2D eigenvalue weighted by Gasteiger charge is 2.14. The summed E-state index contributed by atoms with van der Waals surface area (Å²) in [5, 5.41) is 7.80. The van der Waals surface area contributed by atoms with Crippen LogP contribution in [-0.2, 0) is 13.0 Å². The smallest absolute Gasteiger partial charge is 0.269 e. The third-order valence-corrected chi connectivity index (χ3v) is 5.27. The lowest BCUT2D eigenvalue weighted by molar-refractivity contribution is 0.0943. The van der Waals surface area contributed by atoms with E-state index in [2.05, 4.69) is 20.4 Å². The maximum atomic E-state index is 12.3. The van der Waals surface area contributed by atoms with Gasteiger partial charge in [0, 0.05) is 24.4 Å². The molecule has 0 spiro atoms. The molecular weight excluding hydrogens is 338 g/mol. The summed E-state index contributed by atoms with van der Waals surface area (Å²) in [5.74, 6) is 0.410. The molecule has 0 unspecified atom stereocenters. The Morgan fingerprint density at radius 1 is 1.36 bits per heavy atom. The number of aromatic amines is 1. The van der Waals surface area contributed by atoms with Crippen molar-refractivity contribution in [3.63, 3.8) is 0 Å². The average Bonchev–Trinajstić information content (AvgIpc) is 3.07. The molecule has 1 amide bonds. The molecule has 25 heavy (non-hydrogen) atoms. The van der Waals surface area contributed by atoms with E-state index in [-0.39, 0.29) is 11.5 Å². The monoisotopic (exact) mass is 359 g/mol. The minimum absolute atomic E-state index is 0.118. The lowest BCUT2D eigenvalue weighted by Crippen LogP contribution is -2.28. The van der Waals surface area contributed by atoms with Crippen LogP contribution in [0.4, 0.5) is 0 Å². The molecule has 3 rings (SSSR count). The number of thiophene rings is 1. The van der Waals surface area contributed by atoms with Crippen molar-refractivity contribution in [1.82, 2.24) is 25.1 Å². The molecule has 0 aliphatic rings. The van der Waals surface area contributed by atoms with Crippen LogP contribution < -0.4 is 10.9 Å². The molecular formula is C17H21N5O2S. The highest BCUT2D eigenvalue weighted by molar-refractivity contribution is 7.18. The molecule has 3 aromatic heterocycles. The van der Waals surface area contributed by atoms with Crippen LogP contribution in [0.25, 0.3) is 10.2 Å². The first-order valence-corrected chi connectivity index (χ1v) is 9.04. The average molecular weight is 359 g/mol. The summed E-state index contributed by atoms with van der Waals surface area (Å²) in [6, 6.07) is 1.77. The Bertz CT molecular complexity index is 999. The van der Waals surface area contributed by atoms with Gasteiger partial charge in [-0.1, -0.05) is 0 Å². The number of nitrogens with one attached hydrogen (secondary N) is 2. The van der Waals surface area contributed by atoms with Crippen LogP contribution in [-0.4, -0.2) is 32.2 Å². The molecule has 0 radical (unpaired) electrons. The summed E-state index contributed by atoms with van der Waals surface area (Å²) < 4.78 is 1.67. The summed E-state index contributed by atoms with van der Waals surface area (Å²) in [6.45, 7) is 8.75. The van der Waals surface area contributed by atoms with E-state index in [0.717, 1.165) is 21.0 Å². The van der Waals surface area contributed by atoms with Crippen molar-refractivity contribution in [3.05, 3.63) is 44.1 Å². The van der Waals surface area contributed by atoms with Gasteiger partial charge < -0.3 is 10.3 Å². The van der Waals surface area contributed by atoms with Crippen LogP contribution in [0.15, 0.2) is 10.9 Å². The third kappa shape index (κ3) is 3.34. The van der Waals surface area contributed by atoms with E-state index < -0.39 is 0 Å². The number of fused-ring (bicyclic) bond motifs is 1. The van der Waals surface area contributed by atoms with E-state index in [4.69, 9.17) is 0 Å². The van der Waals surface area contributed by atoms with Gasteiger partial charge >= 0.3 is 0 Å². The Hall–Kier alpha value is -2.48. The number of aromatic nitrogens is 4. The van der Waals surface area contributed by atoms with Gasteiger partial charge in [0.1, 0.15) is 16.3 Å². The lowest BCUT2D eigenvalue weighted by atomic mass is 10.2. The van der Waals surface area contributed by atoms with Gasteiger partial charge in [-0.25, -0.2) is 4.98 Å². The SMILES string of the molecule is CCn1nc(C)cc1C(=O)NCCc1nc2sc(C)c(C)c2c(=O)[nH]1. The van der Waals surface area contributed by atoms with Gasteiger partial charge in [0.25, 0.3) is 11.5 Å². The van der Waals surface area contributed by atoms with Crippen molar-refractivity contribution in [3.8, 4) is 0 Å². The number of H-pyrrole nitrogens is 1. The lowest BCUT2D eigenvalue weighted by Gasteiger charge is -2.06. The van der Waals surface area contributed by atoms with Crippen molar-refractivity contribution < 1.29 is 4.79 Å². The van der Waals surface area contributed by atoms with Gasteiger partial charge in [-0.2, -0.15) is 5.10 Å². The topological polar surface area (TPSA) is 92.7 Å². The number of nitrogens with zero attached hydrogens (tertiary/aromatic N) is 3. The zero-order valence-electron chi connectivity index (χ0n) is 14.8. The van der Waals surface area contributed by atoms with Crippen molar-refractivity contribution in [2.45, 2.75) is 40.7 Å². The van der Waals surface area contributed by atoms with Crippen LogP contribution >= 0.6 is 11.3 Å². The molecule has 8 heteroatoms. The van der Waals surface area contributed by atoms with Gasteiger partial charge in [-0.15, -0.1) is 11.3 Å². The minimum Gasteiger partial charge on any atom is -0.350 e. The molecule has 2 N–H and O–H groups in total. The highest BCUT2D eigenvalue weighted by atomic mass is 32.1. The molecule has 0 atom stereocenters. The van der Waals surface area contributed by atoms with Gasteiger partial charge in [0.2, 0.25) is 0 Å². The predicted octanol–water partition coefficient (Wildman–Crippen LogP) is 2.10. The first-order chi connectivity index (χ1) is 11.9. The molecule has 0 aliphatic carbocycles. The Balaban J connectivity index is 1.71. The second-order valence-corrected chi connectivity index (χ2v) is 7.17. The molecule has 0 aromatic carbocycles. The quantitative estimate of drug-likeness (QED) is 0.730. The fraction of sp³-hybridized carbons (Fsp3) is 0.412. The van der Waals surface area contributed by atoms with E-state index in [1.807, 2.05) is 27.7 Å². The molecule has 3 heterocycles. The van der Waals surface area contributed by atoms with Crippen molar-refractivity contribution in [2.24, 2.45) is 0 Å². The fourth-order valence-corrected chi connectivity index (χ4v) is 3.82. The molecule has 0 aliphatic heterocycles. The summed E-state index contributed by atoms with van der Waals surface area (Å²) in [4.78, 5) is 33.7. The van der Waals surface area contributed by atoms with Crippen molar-refractivity contribution >= 4 is 27.5 Å². The van der Waals surface area contributed by atoms with Gasteiger partial charge in [0.15, 0.2) is 0 Å². The van der Waals surface area contributed by atoms with E-state index in [0.29, 0.717) is 36.4 Å². The Kier molecular flexibility index (Phi) is 4.71. The normalized spacial score (nSPS) is 11.2. The number of carbonyl (C=O) groups is 1. The fourth-order valence-electron chi connectivity index (χ4n) is 2.77. The van der Waals surface area contributed by atoms with Crippen molar-refractivity contribution in [1.29, 1.82) is 0 Å². The van der Waals surface area contributed by atoms with Crippen LogP contribution in [0, 0.1) is 20.8 Å². The van der Waals surface area contributed by atoms with Gasteiger partial charge in [0.05, 0.1) is 11.1 Å². The molecule has 0 bridgehead atoms. The van der Waals surface area contributed by atoms with Crippen molar-refractivity contribution in [2.75, 3.05) is 6.54 Å². The predicted molar refractivity (Wildman–Crippen MR) is 98.4 cm³/mol. The largest absolute Gasteiger partial charge is 0.350 e. The van der Waals surface area contributed by atoms with E-state index in [1.165, 1.54) is 11.3 Å². The molecule has 3 aromatic rings. The molecule has 7 nitrogen and oxygen atoms in total. The number of hydrogen-bond donors (Lipinski definition) is 2. The minimum atomic E-state index is -0.173. The van der Waals surface area contributed by atoms with Gasteiger partial charge in [-0.05, 0) is 39.3 Å². The second-order valence-electron chi connectivity index (χ2n) is 5.97. The summed E-state index contributed by atoms with van der Waals surface area (Å²) in [7, 11) is 0. The third-order valence-electron chi connectivity index (χ3n) is 4.17. The molecule has 0 fully saturated rings. The van der Waals surface area contributed by atoms with Crippen LogP contribution in [0.2, 0.25) is 0 Å². The standard InChI is InChI=1S/C17H21N5O2S/c1-5-22-12(8-9(2)21-22)15(23)18-7-6-13-19-16(24)14-10(3)11(4)25-17(14)20-13/h8H,5-7H2,1-4H3,(H,18,23)(H,19,20,24). The maximum absolute atomic E-state index is 12.3. The summed E-state index contributed by atoms with van der Waals surface area (Å²) in [6.07, 6.45) is 0.464. The summed E-state index contributed by atoms with van der Waals surface area (Å²) in [5.41, 5.74) is 2.22. The summed E-state index contributed by atoms with van der Waals surface area (Å²) >= 11 is 1.52. The van der Waals surface area contributed by atoms with E-state index >= 15 is 0 Å². The van der Waals surface area contributed by atoms with E-state index in [1.54, 1.807) is 10.7 Å².